The van der Waals surface area contributed by atoms with Crippen molar-refractivity contribution in [2.24, 2.45) is 0 Å². The third-order valence-electron chi connectivity index (χ3n) is 2.79. The topological polar surface area (TPSA) is 12.5 Å². The number of methoxy groups -OCH3 is 1. The van der Waals surface area contributed by atoms with Crippen molar-refractivity contribution in [3.8, 4) is 5.75 Å². The average molecular weight is 231 g/mol. The van der Waals surface area contributed by atoms with Gasteiger partial charge in [0, 0.05) is 12.7 Å². The molecule has 0 N–H and O–H groups in total. The number of hydrogen-bond donors (Lipinski definition) is 0. The van der Waals surface area contributed by atoms with Crippen molar-refractivity contribution in [1.29, 1.82) is 0 Å². The molecular formula is C14H14FNO. The summed E-state index contributed by atoms with van der Waals surface area (Å²) in [7, 11) is 3.38. The molecule has 0 bridgehead atoms. The zero-order valence-electron chi connectivity index (χ0n) is 9.90. The molecule has 1 aliphatic rings. The third-order valence-corrected chi connectivity index (χ3v) is 2.79. The summed E-state index contributed by atoms with van der Waals surface area (Å²) in [6.45, 7) is 3.89. The van der Waals surface area contributed by atoms with Crippen molar-refractivity contribution in [3.63, 3.8) is 0 Å². The summed E-state index contributed by atoms with van der Waals surface area (Å²) in [5.74, 6) is 0.219. The molecule has 17 heavy (non-hydrogen) atoms. The smallest absolute Gasteiger partial charge is 0.136 e. The molecule has 2 nitrogen and oxygen atoms in total. The van der Waals surface area contributed by atoms with E-state index in [9.17, 15) is 4.39 Å². The Labute approximate surface area is 100 Å². The number of allylic oxidation sites excluding steroid dienone is 3. The highest BCUT2D eigenvalue weighted by Gasteiger charge is 2.19. The first-order chi connectivity index (χ1) is 8.15. The molecule has 0 fully saturated rings. The second-order valence-electron chi connectivity index (χ2n) is 3.78. The van der Waals surface area contributed by atoms with Crippen LogP contribution in [0.1, 0.15) is 5.56 Å². The van der Waals surface area contributed by atoms with Gasteiger partial charge in [-0.25, -0.2) is 4.39 Å². The van der Waals surface area contributed by atoms with Crippen molar-refractivity contribution < 1.29 is 9.13 Å². The van der Waals surface area contributed by atoms with Crippen LogP contribution >= 0.6 is 0 Å². The van der Waals surface area contributed by atoms with Crippen LogP contribution in [0.15, 0.2) is 48.7 Å². The van der Waals surface area contributed by atoms with Crippen LogP contribution in [0, 0.1) is 5.82 Å². The van der Waals surface area contributed by atoms with Crippen LogP contribution in [0.4, 0.5) is 4.39 Å². The van der Waals surface area contributed by atoms with Crippen LogP contribution in [0.3, 0.4) is 0 Å². The highest BCUT2D eigenvalue weighted by molar-refractivity contribution is 5.73. The van der Waals surface area contributed by atoms with Gasteiger partial charge >= 0.3 is 0 Å². The SMILES string of the molecule is C=C1C=CC=C(c2c(F)cccc2OC)N1C. The standard InChI is InChI=1S/C14H14FNO/c1-10-6-4-8-12(16(10)2)14-11(15)7-5-9-13(14)17-3/h4-9H,1H2,2-3H3. The Kier molecular flexibility index (Phi) is 3.00. The van der Waals surface area contributed by atoms with Gasteiger partial charge in [-0.15, -0.1) is 0 Å². The summed E-state index contributed by atoms with van der Waals surface area (Å²) >= 11 is 0. The van der Waals surface area contributed by atoms with E-state index in [1.807, 2.05) is 30.2 Å². The van der Waals surface area contributed by atoms with E-state index in [2.05, 4.69) is 6.58 Å². The van der Waals surface area contributed by atoms with Gasteiger partial charge in [0.1, 0.15) is 11.6 Å². The van der Waals surface area contributed by atoms with Crippen LogP contribution in [0.5, 0.6) is 5.75 Å². The van der Waals surface area contributed by atoms with Crippen molar-refractivity contribution in [3.05, 3.63) is 60.1 Å². The van der Waals surface area contributed by atoms with Crippen molar-refractivity contribution >= 4 is 5.70 Å². The van der Waals surface area contributed by atoms with Gasteiger partial charge < -0.3 is 9.64 Å². The van der Waals surface area contributed by atoms with Crippen LogP contribution in [0.2, 0.25) is 0 Å². The van der Waals surface area contributed by atoms with Gasteiger partial charge in [-0.1, -0.05) is 18.7 Å². The fourth-order valence-electron chi connectivity index (χ4n) is 1.80. The quantitative estimate of drug-likeness (QED) is 0.775. The van der Waals surface area contributed by atoms with E-state index in [4.69, 9.17) is 4.74 Å². The number of ether oxygens (including phenoxy) is 1. The fraction of sp³-hybridized carbons (Fsp3) is 0.143. The zero-order chi connectivity index (χ0) is 12.4. The summed E-state index contributed by atoms with van der Waals surface area (Å²) in [5.41, 5.74) is 2.02. The Morgan fingerprint density at radius 1 is 1.35 bits per heavy atom. The van der Waals surface area contributed by atoms with E-state index < -0.39 is 0 Å². The Morgan fingerprint density at radius 3 is 2.82 bits per heavy atom. The number of hydrogen-bond acceptors (Lipinski definition) is 2. The van der Waals surface area contributed by atoms with E-state index in [1.54, 1.807) is 12.1 Å². The van der Waals surface area contributed by atoms with Gasteiger partial charge in [-0.2, -0.15) is 0 Å². The van der Waals surface area contributed by atoms with E-state index >= 15 is 0 Å². The lowest BCUT2D eigenvalue weighted by Gasteiger charge is -2.26. The molecule has 0 unspecified atom stereocenters. The monoisotopic (exact) mass is 231 g/mol. The molecular weight excluding hydrogens is 217 g/mol. The number of likely N-dealkylation sites (N-methyl/N-ethyl adjacent to an activating group) is 1. The Morgan fingerprint density at radius 2 is 2.12 bits per heavy atom. The predicted octanol–water partition coefficient (Wildman–Crippen LogP) is 3.19. The van der Waals surface area contributed by atoms with E-state index in [1.165, 1.54) is 13.2 Å². The molecule has 3 heteroatoms. The molecule has 0 saturated carbocycles. The zero-order valence-corrected chi connectivity index (χ0v) is 9.90. The minimum absolute atomic E-state index is 0.300. The molecule has 0 aliphatic carbocycles. The summed E-state index contributed by atoms with van der Waals surface area (Å²) in [6, 6.07) is 4.80. The first-order valence-electron chi connectivity index (χ1n) is 5.29. The minimum atomic E-state index is -0.300. The first kappa shape index (κ1) is 11.5. The molecule has 88 valence electrons. The van der Waals surface area contributed by atoms with Crippen molar-refractivity contribution in [2.45, 2.75) is 0 Å². The number of benzene rings is 1. The van der Waals surface area contributed by atoms with Crippen LogP contribution in [-0.2, 0) is 0 Å². The van der Waals surface area contributed by atoms with Gasteiger partial charge in [0.25, 0.3) is 0 Å². The summed E-state index contributed by atoms with van der Waals surface area (Å²) in [5, 5.41) is 0. The maximum atomic E-state index is 13.9. The van der Waals surface area contributed by atoms with Gasteiger partial charge in [-0.3, -0.25) is 0 Å². The Bertz CT molecular complexity index is 517. The molecule has 0 radical (unpaired) electrons. The number of rotatable bonds is 2. The molecule has 1 aromatic rings. The highest BCUT2D eigenvalue weighted by atomic mass is 19.1. The maximum Gasteiger partial charge on any atom is 0.136 e. The molecule has 0 spiro atoms. The van der Waals surface area contributed by atoms with Crippen molar-refractivity contribution in [2.75, 3.05) is 14.2 Å². The second-order valence-corrected chi connectivity index (χ2v) is 3.78. The third kappa shape index (κ3) is 1.96. The number of halogens is 1. The van der Waals surface area contributed by atoms with Gasteiger partial charge in [0.15, 0.2) is 0 Å². The number of nitrogens with zero attached hydrogens (tertiary/aromatic N) is 1. The Balaban J connectivity index is 2.57. The Hall–Kier alpha value is -2.03. The maximum absolute atomic E-state index is 13.9. The molecule has 1 aromatic carbocycles. The second kappa shape index (κ2) is 4.45. The first-order valence-corrected chi connectivity index (χ1v) is 5.29. The lowest BCUT2D eigenvalue weighted by atomic mass is 10.1. The molecule has 0 amide bonds. The molecule has 2 rings (SSSR count). The fourth-order valence-corrected chi connectivity index (χ4v) is 1.80. The molecule has 1 heterocycles. The minimum Gasteiger partial charge on any atom is -0.496 e. The molecule has 0 atom stereocenters. The van der Waals surface area contributed by atoms with Crippen LogP contribution in [0.25, 0.3) is 5.70 Å². The van der Waals surface area contributed by atoms with Crippen LogP contribution in [-0.4, -0.2) is 19.1 Å². The normalized spacial score (nSPS) is 14.9. The molecule has 1 aliphatic heterocycles. The van der Waals surface area contributed by atoms with E-state index in [-0.39, 0.29) is 5.82 Å². The lowest BCUT2D eigenvalue weighted by molar-refractivity contribution is 0.407. The van der Waals surface area contributed by atoms with E-state index in [0.717, 1.165) is 11.4 Å². The largest absolute Gasteiger partial charge is 0.496 e. The van der Waals surface area contributed by atoms with Crippen LogP contribution < -0.4 is 4.74 Å². The summed E-state index contributed by atoms with van der Waals surface area (Å²) in [6.07, 6.45) is 5.57. The summed E-state index contributed by atoms with van der Waals surface area (Å²) in [4.78, 5) is 1.83. The summed E-state index contributed by atoms with van der Waals surface area (Å²) < 4.78 is 19.1. The van der Waals surface area contributed by atoms with Gasteiger partial charge in [0.2, 0.25) is 0 Å². The highest BCUT2D eigenvalue weighted by Crippen LogP contribution is 2.33. The van der Waals surface area contributed by atoms with Gasteiger partial charge in [-0.05, 0) is 24.3 Å². The molecule has 0 aromatic heterocycles. The molecule has 0 saturated heterocycles. The predicted molar refractivity (Wildman–Crippen MR) is 67.0 cm³/mol. The average Bonchev–Trinajstić information content (AvgIpc) is 2.33. The van der Waals surface area contributed by atoms with Crippen molar-refractivity contribution in [1.82, 2.24) is 4.90 Å². The van der Waals surface area contributed by atoms with Gasteiger partial charge in [0.05, 0.1) is 18.4 Å². The van der Waals surface area contributed by atoms with E-state index in [0.29, 0.717) is 11.3 Å². The lowest BCUT2D eigenvalue weighted by Crippen LogP contribution is -2.17.